The minimum Gasteiger partial charge on any atom is -0.394 e. The maximum Gasteiger partial charge on any atom is 0.239 e. The van der Waals surface area contributed by atoms with Crippen molar-refractivity contribution in [3.63, 3.8) is 0 Å². The average molecular weight is 186 g/mol. The van der Waals surface area contributed by atoms with E-state index in [1.165, 1.54) is 0 Å². The molecule has 2 N–H and O–H groups in total. The van der Waals surface area contributed by atoms with Crippen LogP contribution in [0.3, 0.4) is 0 Å². The van der Waals surface area contributed by atoms with E-state index in [0.29, 0.717) is 0 Å². The van der Waals surface area contributed by atoms with Crippen molar-refractivity contribution in [1.82, 2.24) is 10.2 Å². The minimum absolute atomic E-state index is 0.0228. The van der Waals surface area contributed by atoms with Crippen molar-refractivity contribution in [2.24, 2.45) is 0 Å². The van der Waals surface area contributed by atoms with Gasteiger partial charge >= 0.3 is 0 Å². The van der Waals surface area contributed by atoms with Gasteiger partial charge in [-0.05, 0) is 26.3 Å². The molecule has 1 rings (SSSR count). The summed E-state index contributed by atoms with van der Waals surface area (Å²) in [4.78, 5) is 13.3. The highest BCUT2D eigenvalue weighted by Gasteiger charge is 2.26. The lowest BCUT2D eigenvalue weighted by molar-refractivity contribution is -0.134. The van der Waals surface area contributed by atoms with Crippen molar-refractivity contribution in [3.8, 4) is 0 Å². The van der Waals surface area contributed by atoms with Crippen LogP contribution in [0.2, 0.25) is 0 Å². The van der Waals surface area contributed by atoms with Gasteiger partial charge in [0.05, 0.1) is 18.7 Å². The molecule has 0 aromatic rings. The third-order valence-corrected chi connectivity index (χ3v) is 2.63. The van der Waals surface area contributed by atoms with Crippen LogP contribution in [0.25, 0.3) is 0 Å². The summed E-state index contributed by atoms with van der Waals surface area (Å²) in [5.41, 5.74) is 0. The number of nitrogens with one attached hydrogen (secondary N) is 1. The first-order valence-corrected chi connectivity index (χ1v) is 4.77. The fourth-order valence-electron chi connectivity index (χ4n) is 1.48. The Morgan fingerprint density at radius 2 is 2.46 bits per heavy atom. The smallest absolute Gasteiger partial charge is 0.239 e. The Morgan fingerprint density at radius 3 is 2.92 bits per heavy atom. The van der Waals surface area contributed by atoms with Crippen LogP contribution in [0, 0.1) is 0 Å². The van der Waals surface area contributed by atoms with E-state index in [1.54, 1.807) is 11.9 Å². The molecule has 0 aromatic heterocycles. The number of carbonyl (C=O) groups is 1. The summed E-state index contributed by atoms with van der Waals surface area (Å²) in [7, 11) is 1.74. The first-order chi connectivity index (χ1) is 6.16. The van der Waals surface area contributed by atoms with Gasteiger partial charge in [-0.2, -0.15) is 0 Å². The molecule has 4 nitrogen and oxygen atoms in total. The first kappa shape index (κ1) is 10.5. The predicted octanol–water partition coefficient (Wildman–Crippen LogP) is -0.422. The average Bonchev–Trinajstić information content (AvgIpc) is 2.67. The molecule has 0 aromatic carbocycles. The highest BCUT2D eigenvalue weighted by atomic mass is 16.3. The second-order valence-electron chi connectivity index (χ2n) is 3.63. The number of aliphatic hydroxyl groups is 1. The number of aliphatic hydroxyl groups excluding tert-OH is 1. The molecule has 2 atom stereocenters. The van der Waals surface area contributed by atoms with Gasteiger partial charge < -0.3 is 15.3 Å². The number of amides is 1. The van der Waals surface area contributed by atoms with Gasteiger partial charge in [-0.25, -0.2) is 0 Å². The Labute approximate surface area is 78.9 Å². The molecule has 13 heavy (non-hydrogen) atoms. The van der Waals surface area contributed by atoms with Crippen molar-refractivity contribution in [3.05, 3.63) is 0 Å². The molecule has 4 heteroatoms. The highest BCUT2D eigenvalue weighted by molar-refractivity contribution is 5.82. The molecule has 1 saturated heterocycles. The zero-order valence-corrected chi connectivity index (χ0v) is 8.29. The standard InChI is InChI=1S/C9H18N2O2/c1-7(6-12)11(2)9(13)8-4-3-5-10-8/h7-8,10,12H,3-6H2,1-2H3. The predicted molar refractivity (Wildman–Crippen MR) is 50.3 cm³/mol. The van der Waals surface area contributed by atoms with Crippen molar-refractivity contribution < 1.29 is 9.90 Å². The van der Waals surface area contributed by atoms with Crippen LogP contribution >= 0.6 is 0 Å². The van der Waals surface area contributed by atoms with E-state index >= 15 is 0 Å². The Morgan fingerprint density at radius 1 is 1.77 bits per heavy atom. The van der Waals surface area contributed by atoms with E-state index in [-0.39, 0.29) is 24.6 Å². The van der Waals surface area contributed by atoms with Crippen molar-refractivity contribution >= 4 is 5.91 Å². The summed E-state index contributed by atoms with van der Waals surface area (Å²) < 4.78 is 0. The van der Waals surface area contributed by atoms with Crippen LogP contribution in [-0.4, -0.2) is 48.2 Å². The van der Waals surface area contributed by atoms with E-state index in [2.05, 4.69) is 5.32 Å². The van der Waals surface area contributed by atoms with Gasteiger partial charge in [0, 0.05) is 7.05 Å². The van der Waals surface area contributed by atoms with Gasteiger partial charge in [0.2, 0.25) is 5.91 Å². The summed E-state index contributed by atoms with van der Waals surface area (Å²) in [5, 5.41) is 12.0. The van der Waals surface area contributed by atoms with Gasteiger partial charge in [0.25, 0.3) is 0 Å². The molecular formula is C9H18N2O2. The largest absolute Gasteiger partial charge is 0.394 e. The van der Waals surface area contributed by atoms with Gasteiger partial charge in [0.15, 0.2) is 0 Å². The molecule has 76 valence electrons. The summed E-state index contributed by atoms with van der Waals surface area (Å²) in [6, 6.07) is -0.117. The molecule has 2 unspecified atom stereocenters. The summed E-state index contributed by atoms with van der Waals surface area (Å²) in [6.07, 6.45) is 1.99. The van der Waals surface area contributed by atoms with Crippen LogP contribution < -0.4 is 5.32 Å². The number of carbonyl (C=O) groups excluding carboxylic acids is 1. The van der Waals surface area contributed by atoms with Gasteiger partial charge in [-0.3, -0.25) is 4.79 Å². The quantitative estimate of drug-likeness (QED) is 0.629. The zero-order chi connectivity index (χ0) is 9.84. The van der Waals surface area contributed by atoms with Gasteiger partial charge in [-0.15, -0.1) is 0 Å². The Balaban J connectivity index is 2.45. The first-order valence-electron chi connectivity index (χ1n) is 4.77. The van der Waals surface area contributed by atoms with Gasteiger partial charge in [-0.1, -0.05) is 0 Å². The van der Waals surface area contributed by atoms with Crippen molar-refractivity contribution in [2.75, 3.05) is 20.2 Å². The van der Waals surface area contributed by atoms with E-state index in [4.69, 9.17) is 5.11 Å². The maximum atomic E-state index is 11.7. The topological polar surface area (TPSA) is 52.6 Å². The van der Waals surface area contributed by atoms with Crippen LogP contribution in [-0.2, 0) is 4.79 Å². The number of hydrogen-bond donors (Lipinski definition) is 2. The van der Waals surface area contributed by atoms with Crippen LogP contribution in [0.4, 0.5) is 0 Å². The number of rotatable bonds is 3. The maximum absolute atomic E-state index is 11.7. The van der Waals surface area contributed by atoms with E-state index in [9.17, 15) is 4.79 Å². The lowest BCUT2D eigenvalue weighted by atomic mass is 10.2. The highest BCUT2D eigenvalue weighted by Crippen LogP contribution is 2.09. The van der Waals surface area contributed by atoms with E-state index < -0.39 is 0 Å². The minimum atomic E-state index is -0.0881. The third kappa shape index (κ3) is 2.42. The lowest BCUT2D eigenvalue weighted by Gasteiger charge is -2.26. The number of hydrogen-bond acceptors (Lipinski definition) is 3. The SMILES string of the molecule is CC(CO)N(C)C(=O)C1CCCN1. The summed E-state index contributed by atoms with van der Waals surface area (Å²) in [5.74, 6) is 0.0963. The third-order valence-electron chi connectivity index (χ3n) is 2.63. The Bertz CT molecular complexity index is 178. The zero-order valence-electron chi connectivity index (χ0n) is 8.29. The fourth-order valence-corrected chi connectivity index (χ4v) is 1.48. The molecule has 0 saturated carbocycles. The molecule has 0 spiro atoms. The second-order valence-corrected chi connectivity index (χ2v) is 3.63. The summed E-state index contributed by atoms with van der Waals surface area (Å²) in [6.45, 7) is 2.79. The van der Waals surface area contributed by atoms with Crippen molar-refractivity contribution in [2.45, 2.75) is 31.8 Å². The van der Waals surface area contributed by atoms with Crippen LogP contribution in [0.1, 0.15) is 19.8 Å². The second kappa shape index (κ2) is 4.58. The Hall–Kier alpha value is -0.610. The number of nitrogens with zero attached hydrogens (tertiary/aromatic N) is 1. The molecule has 1 aliphatic rings. The van der Waals surface area contributed by atoms with Crippen LogP contribution in [0.5, 0.6) is 0 Å². The molecule has 1 amide bonds. The van der Waals surface area contributed by atoms with E-state index in [1.807, 2.05) is 6.92 Å². The van der Waals surface area contributed by atoms with Gasteiger partial charge in [0.1, 0.15) is 0 Å². The molecule has 0 aliphatic carbocycles. The summed E-state index contributed by atoms with van der Waals surface area (Å²) >= 11 is 0. The Kier molecular flexibility index (Phi) is 3.69. The molecule has 0 bridgehead atoms. The fraction of sp³-hybridized carbons (Fsp3) is 0.889. The molecule has 0 radical (unpaired) electrons. The molecule has 1 fully saturated rings. The molecular weight excluding hydrogens is 168 g/mol. The van der Waals surface area contributed by atoms with Crippen LogP contribution in [0.15, 0.2) is 0 Å². The molecule has 1 aliphatic heterocycles. The molecule has 1 heterocycles. The van der Waals surface area contributed by atoms with Crippen molar-refractivity contribution in [1.29, 1.82) is 0 Å². The lowest BCUT2D eigenvalue weighted by Crippen LogP contribution is -2.46. The number of likely N-dealkylation sites (N-methyl/N-ethyl adjacent to an activating group) is 1. The normalized spacial score (nSPS) is 24.4. The monoisotopic (exact) mass is 186 g/mol. The van der Waals surface area contributed by atoms with E-state index in [0.717, 1.165) is 19.4 Å².